The summed E-state index contributed by atoms with van der Waals surface area (Å²) in [6.45, 7) is 4.39. The van der Waals surface area contributed by atoms with E-state index in [2.05, 4.69) is 25.7 Å². The highest BCUT2D eigenvalue weighted by Crippen LogP contribution is 2.35. The Morgan fingerprint density at radius 1 is 1.19 bits per heavy atom. The fourth-order valence-electron chi connectivity index (χ4n) is 4.64. The van der Waals surface area contributed by atoms with Gasteiger partial charge in [-0.1, -0.05) is 0 Å². The van der Waals surface area contributed by atoms with Crippen molar-refractivity contribution < 1.29 is 19.4 Å². The number of aromatic nitrogens is 4. The molecule has 192 valence electrons. The quantitative estimate of drug-likeness (QED) is 0.351. The average Bonchev–Trinajstić information content (AvgIpc) is 3.38. The number of aliphatic hydroxyl groups excluding tert-OH is 1. The summed E-state index contributed by atoms with van der Waals surface area (Å²) in [4.78, 5) is 21.8. The molecule has 10 heteroatoms. The molecule has 0 bridgehead atoms. The second-order valence-corrected chi connectivity index (χ2v) is 10.5. The van der Waals surface area contributed by atoms with Gasteiger partial charge in [0, 0.05) is 31.1 Å². The van der Waals surface area contributed by atoms with E-state index in [0.717, 1.165) is 49.5 Å². The Kier molecular flexibility index (Phi) is 6.81. The number of pyridine rings is 1. The molecular weight excluding hydrogens is 460 g/mol. The Labute approximate surface area is 210 Å². The summed E-state index contributed by atoms with van der Waals surface area (Å²) in [6, 6.07) is 3.81. The Bertz CT molecular complexity index is 1200. The molecule has 5 rings (SSSR count). The van der Waals surface area contributed by atoms with E-state index < -0.39 is 11.5 Å². The number of anilines is 2. The molecule has 4 N–H and O–H groups in total. The van der Waals surface area contributed by atoms with Crippen molar-refractivity contribution in [1.82, 2.24) is 19.7 Å². The van der Waals surface area contributed by atoms with E-state index in [-0.39, 0.29) is 18.3 Å². The number of hydrogen-bond donors (Lipinski definition) is 4. The molecule has 0 unspecified atom stereocenters. The summed E-state index contributed by atoms with van der Waals surface area (Å²) in [5, 5.41) is 30.9. The molecule has 2 aliphatic carbocycles. The lowest BCUT2D eigenvalue weighted by atomic mass is 9.87. The van der Waals surface area contributed by atoms with Gasteiger partial charge in [0.05, 0.1) is 11.7 Å². The highest BCUT2D eigenvalue weighted by molar-refractivity contribution is 6.03. The molecular formula is C26H34N6O4. The van der Waals surface area contributed by atoms with Gasteiger partial charge in [-0.2, -0.15) is 5.10 Å². The SMILES string of the molecule is CC(C)(O)c1nn(C2CCC(CO)CC2)cc1NC(=O)c1coc(-c2ccnc(NCC3CC3)c2)n1. The van der Waals surface area contributed by atoms with Crippen LogP contribution in [0.3, 0.4) is 0 Å². The van der Waals surface area contributed by atoms with E-state index in [0.29, 0.717) is 23.2 Å². The lowest BCUT2D eigenvalue weighted by Crippen LogP contribution is -2.22. The largest absolute Gasteiger partial charge is 0.444 e. The van der Waals surface area contributed by atoms with Gasteiger partial charge in [0.25, 0.3) is 5.91 Å². The molecule has 3 aromatic rings. The minimum Gasteiger partial charge on any atom is -0.444 e. The predicted octanol–water partition coefficient (Wildman–Crippen LogP) is 3.96. The van der Waals surface area contributed by atoms with Crippen molar-refractivity contribution in [2.45, 2.75) is 64.0 Å². The molecule has 0 radical (unpaired) electrons. The molecule has 2 saturated carbocycles. The highest BCUT2D eigenvalue weighted by Gasteiger charge is 2.30. The normalized spacial score (nSPS) is 20.3. The van der Waals surface area contributed by atoms with Crippen LogP contribution in [0.1, 0.15) is 74.6 Å². The molecule has 3 aromatic heterocycles. The number of carbonyl (C=O) groups excluding carboxylic acids is 1. The Morgan fingerprint density at radius 3 is 2.64 bits per heavy atom. The van der Waals surface area contributed by atoms with Gasteiger partial charge in [-0.3, -0.25) is 9.48 Å². The molecule has 36 heavy (non-hydrogen) atoms. The van der Waals surface area contributed by atoms with Gasteiger partial charge < -0.3 is 25.3 Å². The number of oxazole rings is 1. The van der Waals surface area contributed by atoms with Gasteiger partial charge in [-0.05, 0) is 76.3 Å². The van der Waals surface area contributed by atoms with Crippen molar-refractivity contribution >= 4 is 17.4 Å². The minimum absolute atomic E-state index is 0.132. The van der Waals surface area contributed by atoms with Gasteiger partial charge in [0.15, 0.2) is 5.69 Å². The van der Waals surface area contributed by atoms with Crippen molar-refractivity contribution in [3.05, 3.63) is 42.2 Å². The van der Waals surface area contributed by atoms with Crippen LogP contribution < -0.4 is 10.6 Å². The molecule has 0 saturated heterocycles. The third-order valence-corrected chi connectivity index (χ3v) is 7.02. The first kappa shape index (κ1) is 24.5. The van der Waals surface area contributed by atoms with E-state index >= 15 is 0 Å². The molecule has 1 amide bonds. The van der Waals surface area contributed by atoms with E-state index in [9.17, 15) is 15.0 Å². The first-order valence-corrected chi connectivity index (χ1v) is 12.7. The number of amides is 1. The van der Waals surface area contributed by atoms with Crippen LogP contribution >= 0.6 is 0 Å². The second kappa shape index (κ2) is 10.0. The maximum Gasteiger partial charge on any atom is 0.277 e. The van der Waals surface area contributed by atoms with Gasteiger partial charge in [0.1, 0.15) is 23.4 Å². The molecule has 0 aliphatic heterocycles. The number of aliphatic hydroxyl groups is 2. The molecule has 0 aromatic carbocycles. The Hall–Kier alpha value is -3.24. The smallest absolute Gasteiger partial charge is 0.277 e. The maximum absolute atomic E-state index is 13.1. The lowest BCUT2D eigenvalue weighted by molar-refractivity contribution is 0.0729. The number of hydrogen-bond acceptors (Lipinski definition) is 8. The van der Waals surface area contributed by atoms with Gasteiger partial charge in [0.2, 0.25) is 5.89 Å². The van der Waals surface area contributed by atoms with Crippen LogP contribution in [0.5, 0.6) is 0 Å². The maximum atomic E-state index is 13.1. The molecule has 0 atom stereocenters. The first-order chi connectivity index (χ1) is 17.3. The predicted molar refractivity (Wildman–Crippen MR) is 134 cm³/mol. The zero-order chi connectivity index (χ0) is 25.3. The fourth-order valence-corrected chi connectivity index (χ4v) is 4.64. The molecule has 2 aliphatic rings. The van der Waals surface area contributed by atoms with Crippen molar-refractivity contribution in [3.63, 3.8) is 0 Å². The third-order valence-electron chi connectivity index (χ3n) is 7.02. The van der Waals surface area contributed by atoms with E-state index in [1.165, 1.54) is 19.1 Å². The monoisotopic (exact) mass is 494 g/mol. The summed E-state index contributed by atoms with van der Waals surface area (Å²) >= 11 is 0. The summed E-state index contributed by atoms with van der Waals surface area (Å²) < 4.78 is 7.43. The van der Waals surface area contributed by atoms with E-state index in [4.69, 9.17) is 4.42 Å². The van der Waals surface area contributed by atoms with Gasteiger partial charge >= 0.3 is 0 Å². The highest BCUT2D eigenvalue weighted by atomic mass is 16.3. The summed E-state index contributed by atoms with van der Waals surface area (Å²) in [5.41, 5.74) is 0.450. The second-order valence-electron chi connectivity index (χ2n) is 10.5. The number of rotatable bonds is 9. The van der Waals surface area contributed by atoms with Crippen molar-refractivity contribution in [2.75, 3.05) is 23.8 Å². The average molecular weight is 495 g/mol. The van der Waals surface area contributed by atoms with Crippen LogP contribution in [-0.2, 0) is 5.60 Å². The van der Waals surface area contributed by atoms with E-state index in [1.807, 2.05) is 10.7 Å². The summed E-state index contributed by atoms with van der Waals surface area (Å²) in [6.07, 6.45) is 10.9. The van der Waals surface area contributed by atoms with Crippen LogP contribution in [0.2, 0.25) is 0 Å². The molecule has 3 heterocycles. The molecule has 2 fully saturated rings. The zero-order valence-electron chi connectivity index (χ0n) is 20.8. The summed E-state index contributed by atoms with van der Waals surface area (Å²) in [5.74, 6) is 1.69. The van der Waals surface area contributed by atoms with Crippen molar-refractivity contribution in [3.8, 4) is 11.5 Å². The Balaban J connectivity index is 1.30. The molecule has 0 spiro atoms. The van der Waals surface area contributed by atoms with Crippen LogP contribution in [0.15, 0.2) is 35.2 Å². The number of nitrogens with zero attached hydrogens (tertiary/aromatic N) is 4. The van der Waals surface area contributed by atoms with Crippen LogP contribution in [0, 0.1) is 11.8 Å². The van der Waals surface area contributed by atoms with Crippen molar-refractivity contribution in [2.24, 2.45) is 11.8 Å². The van der Waals surface area contributed by atoms with Crippen molar-refractivity contribution in [1.29, 1.82) is 0 Å². The zero-order valence-corrected chi connectivity index (χ0v) is 20.8. The van der Waals surface area contributed by atoms with Crippen LogP contribution in [0.4, 0.5) is 11.5 Å². The third kappa shape index (κ3) is 5.60. The van der Waals surface area contributed by atoms with Gasteiger partial charge in [-0.15, -0.1) is 0 Å². The number of carbonyl (C=O) groups is 1. The number of nitrogens with one attached hydrogen (secondary N) is 2. The minimum atomic E-state index is -1.24. The topological polar surface area (TPSA) is 138 Å². The standard InChI is InChI=1S/C26H34N6O4/c1-26(2,35)23-20(13-32(31-23)19-7-5-17(14-33)6-8-19)29-24(34)21-15-36-25(30-21)18-9-10-27-22(11-18)28-12-16-3-4-16/h9-11,13,15-17,19,33,35H,3-8,12,14H2,1-2H3,(H,27,28)(H,29,34). The van der Waals surface area contributed by atoms with E-state index in [1.54, 1.807) is 32.3 Å². The Morgan fingerprint density at radius 2 is 1.94 bits per heavy atom. The summed E-state index contributed by atoms with van der Waals surface area (Å²) in [7, 11) is 0. The first-order valence-electron chi connectivity index (χ1n) is 12.7. The molecule has 10 nitrogen and oxygen atoms in total. The van der Waals surface area contributed by atoms with Crippen LogP contribution in [-0.4, -0.2) is 49.0 Å². The lowest BCUT2D eigenvalue weighted by Gasteiger charge is -2.27. The van der Waals surface area contributed by atoms with Crippen LogP contribution in [0.25, 0.3) is 11.5 Å². The van der Waals surface area contributed by atoms with Gasteiger partial charge in [-0.25, -0.2) is 9.97 Å². The fraction of sp³-hybridized carbons (Fsp3) is 0.538.